The Morgan fingerprint density at radius 3 is 2.11 bits per heavy atom. The van der Waals surface area contributed by atoms with Crippen LogP contribution in [0.1, 0.15) is 27.0 Å². The summed E-state index contributed by atoms with van der Waals surface area (Å²) in [6.45, 7) is 3.87. The summed E-state index contributed by atoms with van der Waals surface area (Å²) >= 11 is 3.43. The molecule has 92 valence electrons. The van der Waals surface area contributed by atoms with Gasteiger partial charge in [-0.3, -0.25) is 4.79 Å². The molecule has 0 amide bonds. The number of hydrogen-bond acceptors (Lipinski definition) is 2. The highest BCUT2D eigenvalue weighted by molar-refractivity contribution is 9.10. The van der Waals surface area contributed by atoms with E-state index in [0.717, 1.165) is 15.6 Å². The maximum atomic E-state index is 12.3. The molecular weight excluding hydrogens is 290 g/mol. The van der Waals surface area contributed by atoms with Gasteiger partial charge in [0.1, 0.15) is 0 Å². The standard InChI is InChI=1S/C15H14BrNO/c1-9-7-11(3-5-13(9)16)15(18)12-4-6-14(17)10(2)8-12/h3-8H,17H2,1-2H3. The first-order valence-electron chi connectivity index (χ1n) is 5.66. The van der Waals surface area contributed by atoms with Gasteiger partial charge in [-0.15, -0.1) is 0 Å². The molecule has 0 spiro atoms. The third kappa shape index (κ3) is 2.46. The van der Waals surface area contributed by atoms with E-state index in [1.807, 2.05) is 38.1 Å². The normalized spacial score (nSPS) is 10.4. The predicted molar refractivity (Wildman–Crippen MR) is 77.9 cm³/mol. The summed E-state index contributed by atoms with van der Waals surface area (Å²) in [4.78, 5) is 12.3. The number of rotatable bonds is 2. The van der Waals surface area contributed by atoms with E-state index in [9.17, 15) is 4.79 Å². The zero-order chi connectivity index (χ0) is 13.3. The Morgan fingerprint density at radius 2 is 1.56 bits per heavy atom. The van der Waals surface area contributed by atoms with Crippen LogP contribution in [0.5, 0.6) is 0 Å². The van der Waals surface area contributed by atoms with Crippen molar-refractivity contribution in [1.82, 2.24) is 0 Å². The fourth-order valence-electron chi connectivity index (χ4n) is 1.77. The van der Waals surface area contributed by atoms with E-state index in [1.54, 1.807) is 12.1 Å². The lowest BCUT2D eigenvalue weighted by Gasteiger charge is -2.06. The molecule has 0 radical (unpaired) electrons. The third-order valence-electron chi connectivity index (χ3n) is 2.95. The number of aryl methyl sites for hydroxylation is 2. The second kappa shape index (κ2) is 4.94. The van der Waals surface area contributed by atoms with Gasteiger partial charge in [0, 0.05) is 21.3 Å². The Bertz CT molecular complexity index is 566. The van der Waals surface area contributed by atoms with Crippen LogP contribution in [0.2, 0.25) is 0 Å². The van der Waals surface area contributed by atoms with E-state index in [0.29, 0.717) is 16.8 Å². The van der Waals surface area contributed by atoms with Crippen molar-refractivity contribution >= 4 is 27.4 Å². The van der Waals surface area contributed by atoms with Gasteiger partial charge in [0.25, 0.3) is 0 Å². The molecule has 0 unspecified atom stereocenters. The van der Waals surface area contributed by atoms with Gasteiger partial charge in [-0.2, -0.15) is 0 Å². The molecule has 2 aromatic rings. The maximum absolute atomic E-state index is 12.3. The van der Waals surface area contributed by atoms with Crippen LogP contribution in [0.15, 0.2) is 40.9 Å². The first-order chi connectivity index (χ1) is 8.49. The van der Waals surface area contributed by atoms with E-state index >= 15 is 0 Å². The van der Waals surface area contributed by atoms with E-state index in [1.165, 1.54) is 0 Å². The van der Waals surface area contributed by atoms with E-state index in [-0.39, 0.29) is 5.78 Å². The molecule has 18 heavy (non-hydrogen) atoms. The minimum Gasteiger partial charge on any atom is -0.399 e. The van der Waals surface area contributed by atoms with E-state index in [4.69, 9.17) is 5.73 Å². The van der Waals surface area contributed by atoms with Crippen LogP contribution >= 0.6 is 15.9 Å². The zero-order valence-corrected chi connectivity index (χ0v) is 11.9. The van der Waals surface area contributed by atoms with Gasteiger partial charge in [-0.1, -0.05) is 15.9 Å². The van der Waals surface area contributed by atoms with Gasteiger partial charge in [0.15, 0.2) is 5.78 Å². The van der Waals surface area contributed by atoms with Crippen LogP contribution in [0, 0.1) is 13.8 Å². The Labute approximate surface area is 115 Å². The molecule has 0 bridgehead atoms. The number of anilines is 1. The number of hydrogen-bond donors (Lipinski definition) is 1. The van der Waals surface area contributed by atoms with Crippen LogP contribution in [0.4, 0.5) is 5.69 Å². The van der Waals surface area contributed by atoms with Crippen molar-refractivity contribution in [1.29, 1.82) is 0 Å². The summed E-state index contributed by atoms with van der Waals surface area (Å²) in [5, 5.41) is 0. The van der Waals surface area contributed by atoms with Gasteiger partial charge >= 0.3 is 0 Å². The van der Waals surface area contributed by atoms with Crippen molar-refractivity contribution in [2.75, 3.05) is 5.73 Å². The third-order valence-corrected chi connectivity index (χ3v) is 3.84. The van der Waals surface area contributed by atoms with Crippen LogP contribution in [0.25, 0.3) is 0 Å². The second-order valence-corrected chi connectivity index (χ2v) is 5.22. The molecule has 2 nitrogen and oxygen atoms in total. The monoisotopic (exact) mass is 303 g/mol. The van der Waals surface area contributed by atoms with Crippen molar-refractivity contribution in [3.05, 3.63) is 63.1 Å². The molecule has 0 aromatic heterocycles. The largest absolute Gasteiger partial charge is 0.399 e. The minimum absolute atomic E-state index is 0.0219. The summed E-state index contributed by atoms with van der Waals surface area (Å²) in [5.41, 5.74) is 9.80. The number of halogens is 1. The lowest BCUT2D eigenvalue weighted by atomic mass is 10.00. The van der Waals surface area contributed by atoms with Gasteiger partial charge < -0.3 is 5.73 Å². The fourth-order valence-corrected chi connectivity index (χ4v) is 2.02. The lowest BCUT2D eigenvalue weighted by molar-refractivity contribution is 0.103. The van der Waals surface area contributed by atoms with Crippen LogP contribution in [-0.4, -0.2) is 5.78 Å². The topological polar surface area (TPSA) is 43.1 Å². The number of nitrogens with two attached hydrogens (primary N) is 1. The molecule has 2 aromatic carbocycles. The zero-order valence-electron chi connectivity index (χ0n) is 10.3. The molecular formula is C15H14BrNO. The SMILES string of the molecule is Cc1cc(C(=O)c2ccc(Br)c(C)c2)ccc1N. The van der Waals surface area contributed by atoms with Gasteiger partial charge in [-0.25, -0.2) is 0 Å². The Hall–Kier alpha value is -1.61. The molecule has 2 N–H and O–H groups in total. The Balaban J connectivity index is 2.41. The average molecular weight is 304 g/mol. The Morgan fingerprint density at radius 1 is 1.00 bits per heavy atom. The second-order valence-electron chi connectivity index (χ2n) is 4.36. The minimum atomic E-state index is 0.0219. The van der Waals surface area contributed by atoms with Gasteiger partial charge in [-0.05, 0) is 61.4 Å². The molecule has 0 saturated carbocycles. The van der Waals surface area contributed by atoms with Crippen molar-refractivity contribution in [2.24, 2.45) is 0 Å². The first kappa shape index (κ1) is 12.8. The average Bonchev–Trinajstić information content (AvgIpc) is 2.35. The van der Waals surface area contributed by atoms with Crippen LogP contribution in [-0.2, 0) is 0 Å². The number of ketones is 1. The van der Waals surface area contributed by atoms with Crippen LogP contribution in [0.3, 0.4) is 0 Å². The highest BCUT2D eigenvalue weighted by Crippen LogP contribution is 2.20. The van der Waals surface area contributed by atoms with Crippen molar-refractivity contribution in [3.8, 4) is 0 Å². The van der Waals surface area contributed by atoms with E-state index in [2.05, 4.69) is 15.9 Å². The molecule has 0 aliphatic heterocycles. The summed E-state index contributed by atoms with van der Waals surface area (Å²) in [6.07, 6.45) is 0. The molecule has 0 saturated heterocycles. The summed E-state index contributed by atoms with van der Waals surface area (Å²) in [5.74, 6) is 0.0219. The molecule has 0 aliphatic carbocycles. The van der Waals surface area contributed by atoms with Crippen molar-refractivity contribution in [2.45, 2.75) is 13.8 Å². The Kier molecular flexibility index (Phi) is 3.53. The van der Waals surface area contributed by atoms with Crippen molar-refractivity contribution in [3.63, 3.8) is 0 Å². The molecule has 0 aliphatic rings. The smallest absolute Gasteiger partial charge is 0.193 e. The lowest BCUT2D eigenvalue weighted by Crippen LogP contribution is -2.03. The van der Waals surface area contributed by atoms with Gasteiger partial charge in [0.05, 0.1) is 0 Å². The summed E-state index contributed by atoms with van der Waals surface area (Å²) in [6, 6.07) is 11.0. The molecule has 0 fully saturated rings. The quantitative estimate of drug-likeness (QED) is 0.676. The van der Waals surface area contributed by atoms with Crippen molar-refractivity contribution < 1.29 is 4.79 Å². The molecule has 0 atom stereocenters. The number of carbonyl (C=O) groups excluding carboxylic acids is 1. The maximum Gasteiger partial charge on any atom is 0.193 e. The molecule has 0 heterocycles. The van der Waals surface area contributed by atoms with Gasteiger partial charge in [0.2, 0.25) is 0 Å². The predicted octanol–water partition coefficient (Wildman–Crippen LogP) is 3.88. The summed E-state index contributed by atoms with van der Waals surface area (Å²) in [7, 11) is 0. The number of nitrogen functional groups attached to an aromatic ring is 1. The number of benzene rings is 2. The van der Waals surface area contributed by atoms with E-state index < -0.39 is 0 Å². The molecule has 2 rings (SSSR count). The fraction of sp³-hybridized carbons (Fsp3) is 0.133. The van der Waals surface area contributed by atoms with Crippen LogP contribution < -0.4 is 5.73 Å². The number of carbonyl (C=O) groups is 1. The molecule has 3 heteroatoms. The summed E-state index contributed by atoms with van der Waals surface area (Å²) < 4.78 is 1.01. The highest BCUT2D eigenvalue weighted by Gasteiger charge is 2.10. The first-order valence-corrected chi connectivity index (χ1v) is 6.45. The highest BCUT2D eigenvalue weighted by atomic mass is 79.9.